The van der Waals surface area contributed by atoms with Gasteiger partial charge >= 0.3 is 5.97 Å². The Balaban J connectivity index is 1.33. The van der Waals surface area contributed by atoms with Gasteiger partial charge < -0.3 is 24.5 Å². The molecule has 1 atom stereocenters. The standard InChI is InChI=1S/C31H27F2N3O4/c1-18-22-9-11-34-26(22)15-25(33)29(18)40-21-6-7-24(32)23(14-21)30-35-16-27(36-30)31(10-12-39-17-31)20-4-2-3-19(13-20)5-8-28(37)38/h2-4,6-7,9,11,13-16,34H,5,8,10,12,17H2,1H3,(H,35,36)(H,37,38). The summed E-state index contributed by atoms with van der Waals surface area (Å²) in [4.78, 5) is 21.9. The van der Waals surface area contributed by atoms with E-state index in [1.807, 2.05) is 30.3 Å². The van der Waals surface area contributed by atoms with Crippen molar-refractivity contribution in [2.45, 2.75) is 31.6 Å². The Morgan fingerprint density at radius 3 is 2.83 bits per heavy atom. The minimum atomic E-state index is -0.848. The van der Waals surface area contributed by atoms with E-state index in [4.69, 9.17) is 14.6 Å². The van der Waals surface area contributed by atoms with Crippen LogP contribution in [0, 0.1) is 18.6 Å². The van der Waals surface area contributed by atoms with Gasteiger partial charge in [-0.2, -0.15) is 0 Å². The quantitative estimate of drug-likeness (QED) is 0.203. The highest BCUT2D eigenvalue weighted by atomic mass is 19.1. The van der Waals surface area contributed by atoms with Crippen molar-refractivity contribution in [2.75, 3.05) is 13.2 Å². The first-order valence-electron chi connectivity index (χ1n) is 13.0. The predicted octanol–water partition coefficient (Wildman–Crippen LogP) is 6.66. The Morgan fingerprint density at radius 1 is 1.15 bits per heavy atom. The number of carboxylic acids is 1. The summed E-state index contributed by atoms with van der Waals surface area (Å²) in [6.07, 6.45) is 4.57. The number of fused-ring (bicyclic) bond motifs is 1. The maximum Gasteiger partial charge on any atom is 0.303 e. The second kappa shape index (κ2) is 10.2. The number of aromatic amines is 2. The summed E-state index contributed by atoms with van der Waals surface area (Å²) < 4.78 is 41.7. The van der Waals surface area contributed by atoms with E-state index in [0.29, 0.717) is 43.0 Å². The number of aryl methyl sites for hydroxylation is 2. The van der Waals surface area contributed by atoms with Crippen molar-refractivity contribution in [1.29, 1.82) is 0 Å². The maximum absolute atomic E-state index is 15.1. The lowest BCUT2D eigenvalue weighted by Gasteiger charge is -2.27. The topological polar surface area (TPSA) is 100 Å². The van der Waals surface area contributed by atoms with Crippen LogP contribution in [0.4, 0.5) is 8.78 Å². The monoisotopic (exact) mass is 543 g/mol. The van der Waals surface area contributed by atoms with Crippen molar-refractivity contribution >= 4 is 16.9 Å². The number of rotatable bonds is 8. The molecule has 3 N–H and O–H groups in total. The summed E-state index contributed by atoms with van der Waals surface area (Å²) in [5.74, 6) is -1.21. The van der Waals surface area contributed by atoms with Gasteiger partial charge in [0.05, 0.1) is 17.6 Å². The molecule has 1 aliphatic rings. The summed E-state index contributed by atoms with van der Waals surface area (Å²) in [5, 5.41) is 9.93. The highest BCUT2D eigenvalue weighted by Gasteiger charge is 2.40. The molecule has 1 fully saturated rings. The molecule has 0 radical (unpaired) electrons. The number of hydrogen-bond donors (Lipinski definition) is 3. The van der Waals surface area contributed by atoms with Crippen LogP contribution >= 0.6 is 0 Å². The van der Waals surface area contributed by atoms with E-state index >= 15 is 4.39 Å². The Morgan fingerprint density at radius 2 is 2.02 bits per heavy atom. The normalized spacial score (nSPS) is 17.0. The van der Waals surface area contributed by atoms with E-state index in [1.54, 1.807) is 19.3 Å². The van der Waals surface area contributed by atoms with Crippen molar-refractivity contribution in [3.8, 4) is 22.9 Å². The van der Waals surface area contributed by atoms with Gasteiger partial charge in [-0.3, -0.25) is 4.79 Å². The molecule has 204 valence electrons. The van der Waals surface area contributed by atoms with Crippen LogP contribution in [0.25, 0.3) is 22.3 Å². The fourth-order valence-electron chi connectivity index (χ4n) is 5.45. The number of nitrogens with zero attached hydrogens (tertiary/aromatic N) is 1. The predicted molar refractivity (Wildman–Crippen MR) is 146 cm³/mol. The van der Waals surface area contributed by atoms with Gasteiger partial charge in [0, 0.05) is 53.6 Å². The first kappa shape index (κ1) is 25.8. The largest absolute Gasteiger partial charge is 0.481 e. The molecule has 0 amide bonds. The Kier molecular flexibility index (Phi) is 6.59. The molecule has 9 heteroatoms. The van der Waals surface area contributed by atoms with E-state index in [0.717, 1.165) is 22.2 Å². The number of benzene rings is 3. The number of carboxylic acid groups (broad SMARTS) is 1. The van der Waals surface area contributed by atoms with Crippen LogP contribution in [-0.2, 0) is 21.4 Å². The summed E-state index contributed by atoms with van der Waals surface area (Å²) >= 11 is 0. The lowest BCUT2D eigenvalue weighted by Crippen LogP contribution is -2.28. The van der Waals surface area contributed by atoms with Crippen LogP contribution in [0.2, 0.25) is 0 Å². The molecule has 3 heterocycles. The zero-order valence-corrected chi connectivity index (χ0v) is 21.8. The van der Waals surface area contributed by atoms with Crippen molar-refractivity contribution in [1.82, 2.24) is 15.0 Å². The lowest BCUT2D eigenvalue weighted by molar-refractivity contribution is -0.136. The zero-order chi connectivity index (χ0) is 27.9. The first-order chi connectivity index (χ1) is 19.3. The number of imidazole rings is 1. The number of nitrogens with one attached hydrogen (secondary N) is 2. The van der Waals surface area contributed by atoms with Gasteiger partial charge in [0.2, 0.25) is 0 Å². The molecule has 6 rings (SSSR count). The van der Waals surface area contributed by atoms with Gasteiger partial charge in [0.1, 0.15) is 17.4 Å². The van der Waals surface area contributed by atoms with Gasteiger partial charge in [-0.1, -0.05) is 24.3 Å². The van der Waals surface area contributed by atoms with Crippen LogP contribution in [0.3, 0.4) is 0 Å². The second-order valence-electron chi connectivity index (χ2n) is 10.1. The fourth-order valence-corrected chi connectivity index (χ4v) is 5.45. The minimum Gasteiger partial charge on any atom is -0.481 e. The molecular weight excluding hydrogens is 516 g/mol. The average Bonchev–Trinajstić information content (AvgIpc) is 3.72. The number of H-pyrrole nitrogens is 2. The van der Waals surface area contributed by atoms with Crippen LogP contribution in [0.1, 0.15) is 35.2 Å². The molecule has 1 unspecified atom stereocenters. The third-order valence-electron chi connectivity index (χ3n) is 7.64. The Bertz CT molecular complexity index is 1720. The molecule has 0 spiro atoms. The summed E-state index contributed by atoms with van der Waals surface area (Å²) in [5.41, 5.74) is 3.61. The first-order valence-corrected chi connectivity index (χ1v) is 13.0. The van der Waals surface area contributed by atoms with Gasteiger partial charge in [-0.15, -0.1) is 0 Å². The van der Waals surface area contributed by atoms with Crippen molar-refractivity contribution in [3.05, 3.63) is 101 Å². The molecule has 0 aliphatic carbocycles. The number of hydrogen-bond acceptors (Lipinski definition) is 4. The average molecular weight is 544 g/mol. The maximum atomic E-state index is 15.1. The summed E-state index contributed by atoms with van der Waals surface area (Å²) in [6, 6.07) is 15.3. The molecule has 5 aromatic rings. The molecule has 2 aromatic heterocycles. The van der Waals surface area contributed by atoms with E-state index in [9.17, 15) is 9.18 Å². The SMILES string of the molecule is Cc1c(Oc2ccc(F)c(-c3ncc(C4(c5cccc(CCC(=O)O)c5)CCOC4)[nH]3)c2)c(F)cc2[nH]ccc12. The van der Waals surface area contributed by atoms with Crippen LogP contribution in [0.5, 0.6) is 11.5 Å². The second-order valence-corrected chi connectivity index (χ2v) is 10.1. The molecule has 0 bridgehead atoms. The van der Waals surface area contributed by atoms with E-state index in [2.05, 4.69) is 15.0 Å². The van der Waals surface area contributed by atoms with Crippen molar-refractivity contribution in [3.63, 3.8) is 0 Å². The van der Waals surface area contributed by atoms with Crippen LogP contribution < -0.4 is 4.74 Å². The number of halogens is 2. The highest BCUT2D eigenvalue weighted by Crippen LogP contribution is 2.41. The molecule has 0 saturated carbocycles. The van der Waals surface area contributed by atoms with Gasteiger partial charge in [-0.05, 0) is 55.2 Å². The molecule has 40 heavy (non-hydrogen) atoms. The van der Waals surface area contributed by atoms with Gasteiger partial charge in [0.25, 0.3) is 0 Å². The summed E-state index contributed by atoms with van der Waals surface area (Å²) in [6.45, 7) is 2.72. The summed E-state index contributed by atoms with van der Waals surface area (Å²) in [7, 11) is 0. The molecule has 1 saturated heterocycles. The van der Waals surface area contributed by atoms with E-state index in [-0.39, 0.29) is 23.5 Å². The number of aliphatic carboxylic acids is 1. The van der Waals surface area contributed by atoms with Crippen molar-refractivity contribution in [2.24, 2.45) is 0 Å². The number of carbonyl (C=O) groups is 1. The number of aromatic nitrogens is 3. The highest BCUT2D eigenvalue weighted by molar-refractivity contribution is 5.85. The molecule has 7 nitrogen and oxygen atoms in total. The Labute approximate surface area is 228 Å². The van der Waals surface area contributed by atoms with E-state index in [1.165, 1.54) is 24.3 Å². The zero-order valence-electron chi connectivity index (χ0n) is 21.8. The van der Waals surface area contributed by atoms with Crippen molar-refractivity contribution < 1.29 is 28.2 Å². The van der Waals surface area contributed by atoms with Gasteiger partial charge in [0.15, 0.2) is 11.6 Å². The minimum absolute atomic E-state index is 0.0430. The molecule has 3 aromatic carbocycles. The smallest absolute Gasteiger partial charge is 0.303 e. The van der Waals surface area contributed by atoms with E-state index < -0.39 is 23.0 Å². The third kappa shape index (κ3) is 4.62. The number of ether oxygens (including phenoxy) is 2. The van der Waals surface area contributed by atoms with Gasteiger partial charge in [-0.25, -0.2) is 13.8 Å². The fraction of sp³-hybridized carbons (Fsp3) is 0.226. The molecular formula is C31H27F2N3O4. The lowest BCUT2D eigenvalue weighted by atomic mass is 9.76. The molecule has 1 aliphatic heterocycles. The third-order valence-corrected chi connectivity index (χ3v) is 7.64. The van der Waals surface area contributed by atoms with Crippen LogP contribution in [0.15, 0.2) is 67.0 Å². The van der Waals surface area contributed by atoms with Crippen LogP contribution in [-0.4, -0.2) is 39.2 Å². The Hall–Kier alpha value is -4.50.